The van der Waals surface area contributed by atoms with Crippen molar-refractivity contribution in [2.75, 3.05) is 38.7 Å². The van der Waals surface area contributed by atoms with Crippen molar-refractivity contribution in [3.8, 4) is 11.5 Å². The minimum Gasteiger partial charge on any atom is -0.491 e. The van der Waals surface area contributed by atoms with Gasteiger partial charge in [0.25, 0.3) is 5.91 Å². The Balaban J connectivity index is 1.52. The molecule has 0 saturated carbocycles. The third-order valence-corrected chi connectivity index (χ3v) is 6.92. The summed E-state index contributed by atoms with van der Waals surface area (Å²) in [4.78, 5) is 26.1. The first-order chi connectivity index (χ1) is 14.5. The second kappa shape index (κ2) is 6.06. The van der Waals surface area contributed by atoms with Crippen molar-refractivity contribution in [2.24, 2.45) is 0 Å². The first kappa shape index (κ1) is 17.9. The molecule has 4 aliphatic rings. The highest BCUT2D eigenvalue weighted by Crippen LogP contribution is 2.56. The molecule has 4 heterocycles. The SMILES string of the molecule is C[N+]1(C[C@H]2CCCO2)C(=O)C2(COc3cc4c(cc32)NC(=O)CO4)c2ccccc21. The second-order valence-electron chi connectivity index (χ2n) is 8.71. The number of nitrogens with zero attached hydrogens (tertiary/aromatic N) is 1. The lowest BCUT2D eigenvalue weighted by Crippen LogP contribution is -2.57. The largest absolute Gasteiger partial charge is 0.491 e. The van der Waals surface area contributed by atoms with Gasteiger partial charge in [0.15, 0.2) is 12.0 Å². The van der Waals surface area contributed by atoms with Gasteiger partial charge < -0.3 is 19.5 Å². The van der Waals surface area contributed by atoms with Crippen LogP contribution >= 0.6 is 0 Å². The number of anilines is 1. The Morgan fingerprint density at radius 2 is 2.00 bits per heavy atom. The highest BCUT2D eigenvalue weighted by atomic mass is 16.5. The first-order valence-electron chi connectivity index (χ1n) is 10.4. The molecule has 2 aromatic rings. The van der Waals surface area contributed by atoms with Gasteiger partial charge in [-0.05, 0) is 25.0 Å². The molecule has 0 radical (unpaired) electrons. The van der Waals surface area contributed by atoms with Gasteiger partial charge in [0, 0.05) is 23.8 Å². The normalized spacial score (nSPS) is 31.0. The van der Waals surface area contributed by atoms with Crippen LogP contribution in [0.15, 0.2) is 36.4 Å². The molecule has 4 aliphatic heterocycles. The van der Waals surface area contributed by atoms with Gasteiger partial charge in [0.1, 0.15) is 36.4 Å². The fourth-order valence-corrected chi connectivity index (χ4v) is 5.51. The molecule has 1 N–H and O–H groups in total. The van der Waals surface area contributed by atoms with Crippen LogP contribution in [-0.2, 0) is 19.7 Å². The molecule has 1 fully saturated rings. The van der Waals surface area contributed by atoms with Gasteiger partial charge >= 0.3 is 5.91 Å². The molecule has 2 unspecified atom stereocenters. The number of fused-ring (bicyclic) bond motifs is 5. The number of para-hydroxylation sites is 1. The summed E-state index contributed by atoms with van der Waals surface area (Å²) in [6.07, 6.45) is 2.07. The van der Waals surface area contributed by atoms with E-state index in [1.54, 1.807) is 6.07 Å². The molecule has 0 bridgehead atoms. The average molecular weight is 407 g/mol. The lowest BCUT2D eigenvalue weighted by Gasteiger charge is -2.31. The van der Waals surface area contributed by atoms with E-state index in [0.717, 1.165) is 36.3 Å². The molecule has 30 heavy (non-hydrogen) atoms. The Kier molecular flexibility index (Phi) is 3.62. The molecule has 1 saturated heterocycles. The predicted octanol–water partition coefficient (Wildman–Crippen LogP) is 2.35. The molecule has 7 heteroatoms. The maximum atomic E-state index is 14.2. The van der Waals surface area contributed by atoms with Gasteiger partial charge in [0.05, 0.1) is 12.7 Å². The molecular weight excluding hydrogens is 384 g/mol. The zero-order chi connectivity index (χ0) is 20.5. The predicted molar refractivity (Wildman–Crippen MR) is 110 cm³/mol. The topological polar surface area (TPSA) is 73.9 Å². The molecule has 2 amide bonds. The lowest BCUT2D eigenvalue weighted by atomic mass is 9.77. The zero-order valence-corrected chi connectivity index (χ0v) is 16.8. The molecule has 154 valence electrons. The fourth-order valence-electron chi connectivity index (χ4n) is 5.51. The summed E-state index contributed by atoms with van der Waals surface area (Å²) >= 11 is 0. The standard InChI is InChI=1S/C23H22N2O5/c1-25(11-14-5-4-8-28-14)18-7-3-2-6-15(18)23(22(25)27)13-30-19-10-20-17(9-16(19)23)24-21(26)12-29-20/h2-3,6-7,9-10,14H,4-5,8,11-13H2,1H3/p+1/t14-,23?,25?/m1/s1. The van der Waals surface area contributed by atoms with Crippen LogP contribution in [0.1, 0.15) is 24.0 Å². The van der Waals surface area contributed by atoms with Gasteiger partial charge in [-0.25, -0.2) is 9.28 Å². The van der Waals surface area contributed by atoms with Crippen LogP contribution in [0.2, 0.25) is 0 Å². The van der Waals surface area contributed by atoms with Crippen molar-refractivity contribution in [1.29, 1.82) is 0 Å². The Morgan fingerprint density at radius 3 is 2.83 bits per heavy atom. The van der Waals surface area contributed by atoms with Crippen LogP contribution < -0.4 is 19.3 Å². The summed E-state index contributed by atoms with van der Waals surface area (Å²) in [5.41, 5.74) is 2.43. The summed E-state index contributed by atoms with van der Waals surface area (Å²) in [5.74, 6) is 1.09. The first-order valence-corrected chi connectivity index (χ1v) is 10.4. The lowest BCUT2D eigenvalue weighted by molar-refractivity contribution is -0.133. The summed E-state index contributed by atoms with van der Waals surface area (Å²) < 4.78 is 17.7. The molecule has 2 aromatic carbocycles. The van der Waals surface area contributed by atoms with Gasteiger partial charge in [0.2, 0.25) is 0 Å². The monoisotopic (exact) mass is 407 g/mol. The quantitative estimate of drug-likeness (QED) is 0.774. The van der Waals surface area contributed by atoms with E-state index in [2.05, 4.69) is 5.32 Å². The van der Waals surface area contributed by atoms with Crippen LogP contribution in [0, 0.1) is 0 Å². The van der Waals surface area contributed by atoms with E-state index in [1.807, 2.05) is 37.4 Å². The van der Waals surface area contributed by atoms with E-state index >= 15 is 0 Å². The van der Waals surface area contributed by atoms with E-state index < -0.39 is 5.41 Å². The number of hydrogen-bond acceptors (Lipinski definition) is 5. The Hall–Kier alpha value is -2.90. The van der Waals surface area contributed by atoms with E-state index in [9.17, 15) is 9.59 Å². The number of rotatable bonds is 2. The van der Waals surface area contributed by atoms with Crippen molar-refractivity contribution in [3.63, 3.8) is 0 Å². The van der Waals surface area contributed by atoms with E-state index in [0.29, 0.717) is 23.7 Å². The van der Waals surface area contributed by atoms with Crippen molar-refractivity contribution in [1.82, 2.24) is 4.48 Å². The third-order valence-electron chi connectivity index (χ3n) is 6.92. The second-order valence-corrected chi connectivity index (χ2v) is 8.71. The van der Waals surface area contributed by atoms with Gasteiger partial charge in [-0.15, -0.1) is 0 Å². The summed E-state index contributed by atoms with van der Waals surface area (Å²) in [7, 11) is 1.99. The minimum absolute atomic E-state index is 0.0188. The van der Waals surface area contributed by atoms with E-state index in [4.69, 9.17) is 14.2 Å². The van der Waals surface area contributed by atoms with Crippen molar-refractivity contribution < 1.29 is 23.8 Å². The summed E-state index contributed by atoms with van der Waals surface area (Å²) in [6, 6.07) is 11.7. The van der Waals surface area contributed by atoms with Crippen molar-refractivity contribution >= 4 is 23.2 Å². The van der Waals surface area contributed by atoms with Crippen molar-refractivity contribution in [3.05, 3.63) is 47.5 Å². The molecule has 0 aromatic heterocycles. The number of quaternary nitrogens is 1. The van der Waals surface area contributed by atoms with Crippen LogP contribution in [0.25, 0.3) is 0 Å². The van der Waals surface area contributed by atoms with Crippen LogP contribution in [0.4, 0.5) is 11.4 Å². The molecule has 6 rings (SSSR count). The molecular formula is C23H23N2O5+. The number of hydrogen-bond donors (Lipinski definition) is 1. The fraction of sp³-hybridized carbons (Fsp3) is 0.391. The van der Waals surface area contributed by atoms with Gasteiger partial charge in [-0.1, -0.05) is 18.2 Å². The zero-order valence-electron chi connectivity index (χ0n) is 16.8. The average Bonchev–Trinajstić information content (AvgIpc) is 3.43. The highest BCUT2D eigenvalue weighted by molar-refractivity contribution is 6.08. The number of likely N-dealkylation sites (N-methyl/N-ethyl adjacent to an activating group) is 1. The van der Waals surface area contributed by atoms with Crippen molar-refractivity contribution in [2.45, 2.75) is 24.4 Å². The number of carbonyl (C=O) groups is 2. The highest BCUT2D eigenvalue weighted by Gasteiger charge is 2.65. The van der Waals surface area contributed by atoms with Crippen LogP contribution in [-0.4, -0.2) is 51.3 Å². The number of amides is 2. The summed E-state index contributed by atoms with van der Waals surface area (Å²) in [6.45, 7) is 1.59. The van der Waals surface area contributed by atoms with Crippen LogP contribution in [0.5, 0.6) is 11.5 Å². The van der Waals surface area contributed by atoms with Gasteiger partial charge in [-0.3, -0.25) is 4.79 Å². The Morgan fingerprint density at radius 1 is 1.13 bits per heavy atom. The molecule has 1 spiro atoms. The smallest absolute Gasteiger partial charge is 0.337 e. The van der Waals surface area contributed by atoms with E-state index in [-0.39, 0.29) is 35.6 Å². The number of carbonyl (C=O) groups excluding carboxylic acids is 2. The van der Waals surface area contributed by atoms with E-state index in [1.165, 1.54) is 0 Å². The Bertz CT molecular complexity index is 1090. The molecule has 7 nitrogen and oxygen atoms in total. The minimum atomic E-state index is -0.906. The van der Waals surface area contributed by atoms with Crippen LogP contribution in [0.3, 0.4) is 0 Å². The number of benzene rings is 2. The van der Waals surface area contributed by atoms with Gasteiger partial charge in [-0.2, -0.15) is 0 Å². The third kappa shape index (κ3) is 2.22. The number of ether oxygens (including phenoxy) is 3. The summed E-state index contributed by atoms with van der Waals surface area (Å²) in [5, 5.41) is 2.86. The maximum absolute atomic E-state index is 14.2. The maximum Gasteiger partial charge on any atom is 0.337 e. The molecule has 3 atom stereocenters. The Labute approximate surface area is 174 Å². The number of nitrogens with one attached hydrogen (secondary N) is 1. The molecule has 0 aliphatic carbocycles.